The molecule has 3 aliphatic rings. The van der Waals surface area contributed by atoms with Gasteiger partial charge >= 0.3 is 5.97 Å². The quantitative estimate of drug-likeness (QED) is 0.614. The standard InChI is InChI=1S/C28H35NO6/c1-27(2)12-19-25(21(30)14-27)24(17-7-6-8-18(11-17)35-16-23(32)33)26-20(29(19)9-10-34-5)13-28(3,4)15-22(26)31/h6-8,11,24H,9-10,12-16H2,1-5H3,(H,32,33). The number of carboxylic acid groups (broad SMARTS) is 1. The van der Waals surface area contributed by atoms with Crippen molar-refractivity contribution in [3.63, 3.8) is 0 Å². The largest absolute Gasteiger partial charge is 0.482 e. The smallest absolute Gasteiger partial charge is 0.341 e. The topological polar surface area (TPSA) is 93.1 Å². The monoisotopic (exact) mass is 481 g/mol. The lowest BCUT2D eigenvalue weighted by Crippen LogP contribution is -2.45. The Labute approximate surface area is 206 Å². The van der Waals surface area contributed by atoms with E-state index in [1.165, 1.54) is 0 Å². The highest BCUT2D eigenvalue weighted by atomic mass is 16.5. The molecule has 0 radical (unpaired) electrons. The van der Waals surface area contributed by atoms with Crippen molar-refractivity contribution >= 4 is 17.5 Å². The number of ether oxygens (including phenoxy) is 2. The van der Waals surface area contributed by atoms with Crippen molar-refractivity contribution in [1.29, 1.82) is 0 Å². The number of hydrogen-bond acceptors (Lipinski definition) is 6. The van der Waals surface area contributed by atoms with Crippen molar-refractivity contribution in [2.75, 3.05) is 26.9 Å². The van der Waals surface area contributed by atoms with Crippen LogP contribution in [0.25, 0.3) is 0 Å². The maximum Gasteiger partial charge on any atom is 0.341 e. The molecule has 188 valence electrons. The summed E-state index contributed by atoms with van der Waals surface area (Å²) < 4.78 is 10.9. The summed E-state index contributed by atoms with van der Waals surface area (Å²) in [4.78, 5) is 40.6. The Morgan fingerprint density at radius 3 is 2.09 bits per heavy atom. The van der Waals surface area contributed by atoms with Crippen LogP contribution in [0.5, 0.6) is 5.75 Å². The predicted molar refractivity (Wildman–Crippen MR) is 131 cm³/mol. The predicted octanol–water partition coefficient (Wildman–Crippen LogP) is 4.48. The molecule has 0 aromatic heterocycles. The Hall–Kier alpha value is -2.93. The normalized spacial score (nSPS) is 21.7. The Bertz CT molecular complexity index is 1070. The van der Waals surface area contributed by atoms with Gasteiger partial charge in [0.1, 0.15) is 5.75 Å². The molecule has 1 aromatic rings. The van der Waals surface area contributed by atoms with Crippen molar-refractivity contribution in [1.82, 2.24) is 4.90 Å². The molecule has 0 saturated carbocycles. The van der Waals surface area contributed by atoms with Gasteiger partial charge in [-0.3, -0.25) is 9.59 Å². The van der Waals surface area contributed by atoms with E-state index in [1.807, 2.05) is 6.07 Å². The SMILES string of the molecule is COCCN1C2=C(C(=O)CC(C)(C)C2)C(c2cccc(OCC(=O)O)c2)C2=C1CC(C)(C)CC2=O. The van der Waals surface area contributed by atoms with Gasteiger partial charge in [-0.05, 0) is 41.4 Å². The van der Waals surface area contributed by atoms with Crippen molar-refractivity contribution in [2.24, 2.45) is 10.8 Å². The van der Waals surface area contributed by atoms with Gasteiger partial charge in [-0.15, -0.1) is 0 Å². The molecule has 1 aromatic carbocycles. The van der Waals surface area contributed by atoms with Crippen LogP contribution in [0.15, 0.2) is 46.8 Å². The zero-order valence-corrected chi connectivity index (χ0v) is 21.3. The lowest BCUT2D eigenvalue weighted by molar-refractivity contribution is -0.139. The van der Waals surface area contributed by atoms with Crippen molar-refractivity contribution in [3.8, 4) is 5.75 Å². The summed E-state index contributed by atoms with van der Waals surface area (Å²) in [6.45, 7) is 9.05. The van der Waals surface area contributed by atoms with E-state index in [-0.39, 0.29) is 22.4 Å². The number of nitrogens with zero attached hydrogens (tertiary/aromatic N) is 1. The fourth-order valence-corrected chi connectivity index (χ4v) is 5.76. The average molecular weight is 482 g/mol. The number of carbonyl (C=O) groups is 3. The van der Waals surface area contributed by atoms with Crippen LogP contribution in [-0.2, 0) is 19.1 Å². The van der Waals surface area contributed by atoms with Crippen LogP contribution in [0.4, 0.5) is 0 Å². The molecule has 0 amide bonds. The Kier molecular flexibility index (Phi) is 6.66. The van der Waals surface area contributed by atoms with Gasteiger partial charge in [0, 0.05) is 55.0 Å². The van der Waals surface area contributed by atoms with E-state index < -0.39 is 18.5 Å². The van der Waals surface area contributed by atoms with E-state index in [1.54, 1.807) is 25.3 Å². The minimum Gasteiger partial charge on any atom is -0.482 e. The van der Waals surface area contributed by atoms with E-state index in [9.17, 15) is 14.4 Å². The number of hydrogen-bond donors (Lipinski definition) is 1. The van der Waals surface area contributed by atoms with Crippen LogP contribution < -0.4 is 4.74 Å². The molecule has 4 rings (SSSR count). The second-order valence-electron chi connectivity index (χ2n) is 11.4. The molecule has 0 saturated heterocycles. The second kappa shape index (κ2) is 9.26. The highest BCUT2D eigenvalue weighted by molar-refractivity contribution is 6.06. The fourth-order valence-electron chi connectivity index (χ4n) is 5.76. The molecule has 2 aliphatic carbocycles. The number of rotatable bonds is 7. The summed E-state index contributed by atoms with van der Waals surface area (Å²) in [6, 6.07) is 7.16. The molecule has 1 N–H and O–H groups in total. The van der Waals surface area contributed by atoms with Crippen LogP contribution in [-0.4, -0.2) is 54.4 Å². The average Bonchev–Trinajstić information content (AvgIpc) is 2.74. The summed E-state index contributed by atoms with van der Waals surface area (Å²) in [6.07, 6.45) is 2.29. The Morgan fingerprint density at radius 2 is 1.57 bits per heavy atom. The molecule has 0 unspecified atom stereocenters. The second-order valence-corrected chi connectivity index (χ2v) is 11.4. The third kappa shape index (κ3) is 5.06. The summed E-state index contributed by atoms with van der Waals surface area (Å²) in [5.41, 5.74) is 3.73. The van der Waals surface area contributed by atoms with Crippen LogP contribution >= 0.6 is 0 Å². The molecular weight excluding hydrogens is 446 g/mol. The molecule has 35 heavy (non-hydrogen) atoms. The van der Waals surface area contributed by atoms with Crippen LogP contribution in [0, 0.1) is 10.8 Å². The molecule has 0 spiro atoms. The first-order valence-electron chi connectivity index (χ1n) is 12.2. The van der Waals surface area contributed by atoms with Crippen LogP contribution in [0.1, 0.15) is 64.9 Å². The van der Waals surface area contributed by atoms with Gasteiger partial charge in [-0.25, -0.2) is 4.79 Å². The number of Topliss-reactive ketones (excluding diaryl/α,β-unsaturated/α-hetero) is 2. The molecule has 7 nitrogen and oxygen atoms in total. The highest BCUT2D eigenvalue weighted by Gasteiger charge is 2.48. The maximum atomic E-state index is 13.7. The minimum atomic E-state index is -1.06. The number of allylic oxidation sites excluding steroid dienone is 4. The first kappa shape index (κ1) is 25.2. The summed E-state index contributed by atoms with van der Waals surface area (Å²) in [5.74, 6) is -1.02. The highest BCUT2D eigenvalue weighted by Crippen LogP contribution is 2.54. The number of ketones is 2. The van der Waals surface area contributed by atoms with Gasteiger partial charge < -0.3 is 19.5 Å². The zero-order chi connectivity index (χ0) is 25.5. The summed E-state index contributed by atoms with van der Waals surface area (Å²) >= 11 is 0. The molecule has 1 heterocycles. The van der Waals surface area contributed by atoms with Crippen molar-refractivity contribution < 1.29 is 29.0 Å². The van der Waals surface area contributed by atoms with Crippen molar-refractivity contribution in [3.05, 3.63) is 52.4 Å². The van der Waals surface area contributed by atoms with E-state index >= 15 is 0 Å². The van der Waals surface area contributed by atoms with Crippen LogP contribution in [0.2, 0.25) is 0 Å². The van der Waals surface area contributed by atoms with Gasteiger partial charge in [0.15, 0.2) is 18.2 Å². The first-order valence-corrected chi connectivity index (χ1v) is 12.2. The Balaban J connectivity index is 1.92. The molecular formula is C28H35NO6. The first-order chi connectivity index (χ1) is 16.4. The maximum absolute atomic E-state index is 13.7. The number of methoxy groups -OCH3 is 1. The number of carbonyl (C=O) groups excluding carboxylic acids is 2. The van der Waals surface area contributed by atoms with E-state index in [4.69, 9.17) is 14.6 Å². The van der Waals surface area contributed by atoms with Gasteiger partial charge in [0.05, 0.1) is 6.61 Å². The van der Waals surface area contributed by atoms with Crippen molar-refractivity contribution in [2.45, 2.75) is 59.3 Å². The molecule has 0 bridgehead atoms. The molecule has 0 fully saturated rings. The third-order valence-corrected chi connectivity index (χ3v) is 7.09. The number of aliphatic carboxylic acids is 1. The molecule has 0 atom stereocenters. The lowest BCUT2D eigenvalue weighted by Gasteiger charge is -2.49. The number of benzene rings is 1. The Morgan fingerprint density at radius 1 is 1.00 bits per heavy atom. The molecule has 7 heteroatoms. The van der Waals surface area contributed by atoms with E-state index in [0.29, 0.717) is 42.9 Å². The summed E-state index contributed by atoms with van der Waals surface area (Å²) in [5, 5.41) is 9.02. The van der Waals surface area contributed by atoms with E-state index in [0.717, 1.165) is 29.8 Å². The zero-order valence-electron chi connectivity index (χ0n) is 21.3. The van der Waals surface area contributed by atoms with Gasteiger partial charge in [-0.1, -0.05) is 39.8 Å². The van der Waals surface area contributed by atoms with Gasteiger partial charge in [0.2, 0.25) is 0 Å². The van der Waals surface area contributed by atoms with E-state index in [2.05, 4.69) is 32.6 Å². The number of carboxylic acids is 1. The van der Waals surface area contributed by atoms with Gasteiger partial charge in [-0.2, -0.15) is 0 Å². The minimum absolute atomic E-state index is 0.0599. The molecule has 1 aliphatic heterocycles. The van der Waals surface area contributed by atoms with Crippen LogP contribution in [0.3, 0.4) is 0 Å². The fraction of sp³-hybridized carbons (Fsp3) is 0.536. The third-order valence-electron chi connectivity index (χ3n) is 7.09. The summed E-state index contributed by atoms with van der Waals surface area (Å²) in [7, 11) is 1.66. The lowest BCUT2D eigenvalue weighted by atomic mass is 9.63. The van der Waals surface area contributed by atoms with Gasteiger partial charge in [0.25, 0.3) is 0 Å².